The highest BCUT2D eigenvalue weighted by Crippen LogP contribution is 2.14. The van der Waals surface area contributed by atoms with Gasteiger partial charge in [0.05, 0.1) is 12.7 Å². The first kappa shape index (κ1) is 22.9. The molecule has 2 atom stereocenters. The second-order valence-corrected chi connectivity index (χ2v) is 6.91. The molecule has 1 unspecified atom stereocenters. The summed E-state index contributed by atoms with van der Waals surface area (Å²) in [7, 11) is 1.54. The van der Waals surface area contributed by atoms with Gasteiger partial charge in [0.25, 0.3) is 0 Å². The summed E-state index contributed by atoms with van der Waals surface area (Å²) in [6.07, 6.45) is 18.6. The Morgan fingerprint density at radius 2 is 1.09 bits per heavy atom. The summed E-state index contributed by atoms with van der Waals surface area (Å²) in [4.78, 5) is 0. The van der Waals surface area contributed by atoms with E-state index in [0.29, 0.717) is 0 Å². The number of hydrogen-bond donors (Lipinski definition) is 2. The van der Waals surface area contributed by atoms with Gasteiger partial charge in [0.1, 0.15) is 6.10 Å². The van der Waals surface area contributed by atoms with Crippen molar-refractivity contribution in [3.8, 4) is 0 Å². The van der Waals surface area contributed by atoms with Crippen LogP contribution in [-0.2, 0) is 4.74 Å². The number of rotatable bonds is 18. The van der Waals surface area contributed by atoms with Crippen LogP contribution >= 0.6 is 0 Å². The molecule has 0 amide bonds. The van der Waals surface area contributed by atoms with E-state index in [1.54, 1.807) is 0 Å². The normalized spacial score (nSPS) is 14.1. The standard InChI is InChI=1S/C20H42O3/c1-3-4-5-6-7-8-9-10-11-12-13-14-15-16-17-19(22)20(18-21)23-2/h19-22H,3-18H2,1-2H3/t19?,20-/m0/s1. The molecule has 0 radical (unpaired) electrons. The molecule has 140 valence electrons. The molecule has 3 heteroatoms. The van der Waals surface area contributed by atoms with Gasteiger partial charge in [-0.05, 0) is 6.42 Å². The molecule has 0 saturated heterocycles. The Labute approximate surface area is 144 Å². The van der Waals surface area contributed by atoms with Crippen LogP contribution in [0.25, 0.3) is 0 Å². The second kappa shape index (κ2) is 18.2. The summed E-state index contributed by atoms with van der Waals surface area (Å²) in [5.41, 5.74) is 0. The van der Waals surface area contributed by atoms with Crippen LogP contribution in [-0.4, -0.2) is 36.1 Å². The molecule has 3 nitrogen and oxygen atoms in total. The topological polar surface area (TPSA) is 49.7 Å². The fraction of sp³-hybridized carbons (Fsp3) is 1.00. The molecule has 0 fully saturated rings. The first-order valence-electron chi connectivity index (χ1n) is 10.1. The van der Waals surface area contributed by atoms with Gasteiger partial charge in [-0.1, -0.05) is 96.8 Å². The van der Waals surface area contributed by atoms with Gasteiger partial charge in [0.15, 0.2) is 0 Å². The van der Waals surface area contributed by atoms with Crippen molar-refractivity contribution in [3.63, 3.8) is 0 Å². The zero-order chi connectivity index (χ0) is 17.2. The van der Waals surface area contributed by atoms with Crippen LogP contribution in [0.3, 0.4) is 0 Å². The number of methoxy groups -OCH3 is 1. The van der Waals surface area contributed by atoms with Crippen LogP contribution in [0.15, 0.2) is 0 Å². The van der Waals surface area contributed by atoms with E-state index in [1.807, 2.05) is 0 Å². The average molecular weight is 331 g/mol. The van der Waals surface area contributed by atoms with Gasteiger partial charge in [0, 0.05) is 7.11 Å². The van der Waals surface area contributed by atoms with Crippen LogP contribution in [0.4, 0.5) is 0 Å². The molecule has 23 heavy (non-hydrogen) atoms. The van der Waals surface area contributed by atoms with Crippen molar-refractivity contribution in [2.24, 2.45) is 0 Å². The Kier molecular flexibility index (Phi) is 18.1. The van der Waals surface area contributed by atoms with Crippen molar-refractivity contribution in [3.05, 3.63) is 0 Å². The molecular formula is C20H42O3. The van der Waals surface area contributed by atoms with Crippen molar-refractivity contribution in [1.29, 1.82) is 0 Å². The fourth-order valence-electron chi connectivity index (χ4n) is 3.09. The minimum absolute atomic E-state index is 0.101. The Balaban J connectivity index is 3.16. The monoisotopic (exact) mass is 330 g/mol. The molecule has 0 aliphatic rings. The van der Waals surface area contributed by atoms with E-state index in [9.17, 15) is 5.11 Å². The fourth-order valence-corrected chi connectivity index (χ4v) is 3.09. The van der Waals surface area contributed by atoms with Crippen molar-refractivity contribution < 1.29 is 14.9 Å². The molecule has 0 spiro atoms. The van der Waals surface area contributed by atoms with Gasteiger partial charge in [0.2, 0.25) is 0 Å². The summed E-state index contributed by atoms with van der Waals surface area (Å²) in [6.45, 7) is 2.17. The van der Waals surface area contributed by atoms with Crippen LogP contribution in [0.1, 0.15) is 103 Å². The Bertz CT molecular complexity index is 217. The minimum Gasteiger partial charge on any atom is -0.394 e. The van der Waals surface area contributed by atoms with Gasteiger partial charge >= 0.3 is 0 Å². The quantitative estimate of drug-likeness (QED) is 0.338. The third kappa shape index (κ3) is 15.2. The number of aliphatic hydroxyl groups is 2. The van der Waals surface area contributed by atoms with Crippen molar-refractivity contribution in [1.82, 2.24) is 0 Å². The first-order valence-corrected chi connectivity index (χ1v) is 10.1. The number of hydrogen-bond acceptors (Lipinski definition) is 3. The van der Waals surface area contributed by atoms with E-state index in [2.05, 4.69) is 6.92 Å². The molecule has 0 heterocycles. The maximum absolute atomic E-state index is 9.82. The number of aliphatic hydroxyl groups excluding tert-OH is 2. The maximum atomic E-state index is 9.82. The summed E-state index contributed by atoms with van der Waals surface area (Å²) < 4.78 is 5.03. The van der Waals surface area contributed by atoms with E-state index in [4.69, 9.17) is 9.84 Å². The molecule has 0 rings (SSSR count). The molecule has 0 aliphatic heterocycles. The summed E-state index contributed by atoms with van der Waals surface area (Å²) in [6, 6.07) is 0. The lowest BCUT2D eigenvalue weighted by Crippen LogP contribution is -2.31. The van der Waals surface area contributed by atoms with Crippen LogP contribution in [0.5, 0.6) is 0 Å². The largest absolute Gasteiger partial charge is 0.394 e. The highest BCUT2D eigenvalue weighted by Gasteiger charge is 2.16. The van der Waals surface area contributed by atoms with Crippen molar-refractivity contribution in [2.45, 2.75) is 115 Å². The van der Waals surface area contributed by atoms with E-state index in [-0.39, 0.29) is 6.61 Å². The van der Waals surface area contributed by atoms with Gasteiger partial charge in [-0.25, -0.2) is 0 Å². The van der Waals surface area contributed by atoms with E-state index in [0.717, 1.165) is 12.8 Å². The lowest BCUT2D eigenvalue weighted by atomic mass is 10.0. The van der Waals surface area contributed by atoms with E-state index < -0.39 is 12.2 Å². The molecule has 0 bridgehead atoms. The SMILES string of the molecule is CCCCCCCCCCCCCCCCC(O)[C@H](CO)OC. The first-order chi connectivity index (χ1) is 11.3. The van der Waals surface area contributed by atoms with Crippen LogP contribution < -0.4 is 0 Å². The average Bonchev–Trinajstić information content (AvgIpc) is 2.56. The van der Waals surface area contributed by atoms with Gasteiger partial charge in [-0.3, -0.25) is 0 Å². The maximum Gasteiger partial charge on any atom is 0.106 e. The van der Waals surface area contributed by atoms with Gasteiger partial charge < -0.3 is 14.9 Å². The van der Waals surface area contributed by atoms with Gasteiger partial charge in [-0.15, -0.1) is 0 Å². The second-order valence-electron chi connectivity index (χ2n) is 6.91. The van der Waals surface area contributed by atoms with E-state index >= 15 is 0 Å². The Morgan fingerprint density at radius 3 is 1.43 bits per heavy atom. The highest BCUT2D eigenvalue weighted by molar-refractivity contribution is 4.67. The highest BCUT2D eigenvalue weighted by atomic mass is 16.5. The lowest BCUT2D eigenvalue weighted by molar-refractivity contribution is -0.0445. The zero-order valence-corrected chi connectivity index (χ0v) is 15.8. The summed E-state index contributed by atoms with van der Waals surface area (Å²) in [5.74, 6) is 0. The van der Waals surface area contributed by atoms with Crippen LogP contribution in [0, 0.1) is 0 Å². The number of ether oxygens (including phenoxy) is 1. The van der Waals surface area contributed by atoms with Crippen LogP contribution in [0.2, 0.25) is 0 Å². The molecule has 0 aromatic carbocycles. The molecule has 0 aromatic rings. The minimum atomic E-state index is -0.526. The zero-order valence-electron chi connectivity index (χ0n) is 15.8. The third-order valence-electron chi connectivity index (χ3n) is 4.77. The summed E-state index contributed by atoms with van der Waals surface area (Å²) in [5, 5.41) is 18.8. The van der Waals surface area contributed by atoms with Gasteiger partial charge in [-0.2, -0.15) is 0 Å². The van der Waals surface area contributed by atoms with E-state index in [1.165, 1.54) is 90.6 Å². The smallest absolute Gasteiger partial charge is 0.106 e. The predicted molar refractivity (Wildman–Crippen MR) is 98.8 cm³/mol. The molecule has 0 aromatic heterocycles. The molecule has 2 N–H and O–H groups in total. The van der Waals surface area contributed by atoms with Crippen molar-refractivity contribution in [2.75, 3.05) is 13.7 Å². The third-order valence-corrected chi connectivity index (χ3v) is 4.77. The Morgan fingerprint density at radius 1 is 0.696 bits per heavy atom. The summed E-state index contributed by atoms with van der Waals surface area (Å²) >= 11 is 0. The molecule has 0 saturated carbocycles. The van der Waals surface area contributed by atoms with Crippen molar-refractivity contribution >= 4 is 0 Å². The Hall–Kier alpha value is -0.120. The molecule has 0 aliphatic carbocycles. The number of unbranched alkanes of at least 4 members (excludes halogenated alkanes) is 13. The predicted octanol–water partition coefficient (Wildman–Crippen LogP) is 5.23. The lowest BCUT2D eigenvalue weighted by Gasteiger charge is -2.19. The molecular weight excluding hydrogens is 288 g/mol.